The van der Waals surface area contributed by atoms with Crippen molar-refractivity contribution in [1.82, 2.24) is 15.1 Å². The lowest BCUT2D eigenvalue weighted by Gasteiger charge is -2.04. The number of amides is 1. The van der Waals surface area contributed by atoms with Gasteiger partial charge in [0.15, 0.2) is 0 Å². The number of carbonyl (C=O) groups excluding carboxylic acids is 1. The van der Waals surface area contributed by atoms with E-state index in [1.807, 2.05) is 27.8 Å². The third kappa shape index (κ3) is 5.01. The summed E-state index contributed by atoms with van der Waals surface area (Å²) in [7, 11) is 1.89. The molecule has 20 heavy (non-hydrogen) atoms. The van der Waals surface area contributed by atoms with Gasteiger partial charge in [-0.05, 0) is 26.8 Å². The Morgan fingerprint density at radius 3 is 2.75 bits per heavy atom. The van der Waals surface area contributed by atoms with Gasteiger partial charge in [-0.15, -0.1) is 0 Å². The molecule has 0 unspecified atom stereocenters. The number of rotatable bonds is 7. The van der Waals surface area contributed by atoms with E-state index in [0.29, 0.717) is 19.8 Å². The Kier molecular flexibility index (Phi) is 6.18. The maximum atomic E-state index is 11.6. The van der Waals surface area contributed by atoms with Gasteiger partial charge in [0, 0.05) is 30.9 Å². The molecule has 0 saturated heterocycles. The summed E-state index contributed by atoms with van der Waals surface area (Å²) in [5.41, 5.74) is 3.91. The fourth-order valence-corrected chi connectivity index (χ4v) is 1.74. The number of nitrogens with one attached hydrogen (secondary N) is 1. The highest BCUT2D eigenvalue weighted by molar-refractivity contribution is 5.91. The van der Waals surface area contributed by atoms with Crippen LogP contribution in [-0.4, -0.2) is 35.4 Å². The van der Waals surface area contributed by atoms with Crippen LogP contribution in [0.5, 0.6) is 0 Å². The van der Waals surface area contributed by atoms with Crippen molar-refractivity contribution in [2.45, 2.75) is 20.8 Å². The maximum Gasteiger partial charge on any atom is 0.244 e. The van der Waals surface area contributed by atoms with E-state index in [2.05, 4.69) is 17.0 Å². The number of aromatic nitrogens is 2. The van der Waals surface area contributed by atoms with Gasteiger partial charge in [0.05, 0.1) is 18.9 Å². The van der Waals surface area contributed by atoms with Crippen LogP contribution in [0.4, 0.5) is 0 Å². The third-order valence-corrected chi connectivity index (χ3v) is 2.86. The Morgan fingerprint density at radius 1 is 1.50 bits per heavy atom. The van der Waals surface area contributed by atoms with Crippen LogP contribution in [0.15, 0.2) is 18.2 Å². The largest absolute Gasteiger partial charge is 0.375 e. The second kappa shape index (κ2) is 7.65. The Labute approximate surface area is 120 Å². The van der Waals surface area contributed by atoms with E-state index in [0.717, 1.165) is 22.5 Å². The van der Waals surface area contributed by atoms with Crippen LogP contribution in [0.3, 0.4) is 0 Å². The minimum absolute atomic E-state index is 0.133. The normalized spacial score (nSPS) is 11.0. The summed E-state index contributed by atoms with van der Waals surface area (Å²) in [5.74, 6) is -0.133. The van der Waals surface area contributed by atoms with E-state index in [9.17, 15) is 4.79 Å². The SMILES string of the molecule is C=C(C)COCCNC(=O)/C=C/c1c(C)nn(C)c1C. The zero-order valence-corrected chi connectivity index (χ0v) is 12.7. The minimum Gasteiger partial charge on any atom is -0.375 e. The van der Waals surface area contributed by atoms with Gasteiger partial charge in [-0.25, -0.2) is 0 Å². The first-order valence-electron chi connectivity index (χ1n) is 6.60. The van der Waals surface area contributed by atoms with Crippen LogP contribution < -0.4 is 5.32 Å². The standard InChI is InChI=1S/C15H23N3O2/c1-11(2)10-20-9-8-16-15(19)7-6-14-12(3)17-18(5)13(14)4/h6-7H,1,8-10H2,2-5H3,(H,16,19)/b7-6+. The Bertz CT molecular complexity index is 515. The van der Waals surface area contributed by atoms with Crippen LogP contribution in [0.1, 0.15) is 23.9 Å². The molecule has 0 bridgehead atoms. The molecular weight excluding hydrogens is 254 g/mol. The number of nitrogens with zero attached hydrogens (tertiary/aromatic N) is 2. The predicted molar refractivity (Wildman–Crippen MR) is 80.4 cm³/mol. The molecular formula is C15H23N3O2. The molecule has 5 nitrogen and oxygen atoms in total. The minimum atomic E-state index is -0.133. The van der Waals surface area contributed by atoms with Gasteiger partial charge in [0.25, 0.3) is 0 Å². The van der Waals surface area contributed by atoms with Crippen LogP contribution in [0.2, 0.25) is 0 Å². The smallest absolute Gasteiger partial charge is 0.244 e. The molecule has 1 amide bonds. The van der Waals surface area contributed by atoms with Gasteiger partial charge in [0.2, 0.25) is 5.91 Å². The van der Waals surface area contributed by atoms with Gasteiger partial charge in [-0.2, -0.15) is 5.10 Å². The number of ether oxygens (including phenoxy) is 1. The van der Waals surface area contributed by atoms with E-state index in [4.69, 9.17) is 4.74 Å². The average molecular weight is 277 g/mol. The number of aryl methyl sites for hydroxylation is 2. The van der Waals surface area contributed by atoms with Crippen LogP contribution in [0, 0.1) is 13.8 Å². The third-order valence-electron chi connectivity index (χ3n) is 2.86. The van der Waals surface area contributed by atoms with Gasteiger partial charge >= 0.3 is 0 Å². The van der Waals surface area contributed by atoms with E-state index in [-0.39, 0.29) is 5.91 Å². The quantitative estimate of drug-likeness (QED) is 0.469. The molecule has 0 aliphatic heterocycles. The van der Waals surface area contributed by atoms with Gasteiger partial charge in [0.1, 0.15) is 0 Å². The molecule has 0 aliphatic carbocycles. The summed E-state index contributed by atoms with van der Waals surface area (Å²) >= 11 is 0. The van der Waals surface area contributed by atoms with Crippen LogP contribution in [-0.2, 0) is 16.6 Å². The first-order chi connectivity index (χ1) is 9.41. The molecule has 1 aromatic rings. The molecule has 0 fully saturated rings. The molecule has 0 radical (unpaired) electrons. The van der Waals surface area contributed by atoms with Gasteiger partial charge < -0.3 is 10.1 Å². The van der Waals surface area contributed by atoms with E-state index in [1.54, 1.807) is 10.8 Å². The van der Waals surface area contributed by atoms with Crippen molar-refractivity contribution < 1.29 is 9.53 Å². The lowest BCUT2D eigenvalue weighted by atomic mass is 10.2. The van der Waals surface area contributed by atoms with Crippen molar-refractivity contribution in [2.24, 2.45) is 7.05 Å². The summed E-state index contributed by atoms with van der Waals surface area (Å²) < 4.78 is 7.10. The van der Waals surface area contributed by atoms with Crippen molar-refractivity contribution in [1.29, 1.82) is 0 Å². The van der Waals surface area contributed by atoms with Gasteiger partial charge in [-0.1, -0.05) is 12.2 Å². The van der Waals surface area contributed by atoms with Crippen molar-refractivity contribution in [3.63, 3.8) is 0 Å². The lowest BCUT2D eigenvalue weighted by molar-refractivity contribution is -0.116. The zero-order chi connectivity index (χ0) is 15.1. The highest BCUT2D eigenvalue weighted by Gasteiger charge is 2.06. The molecule has 0 spiro atoms. The first-order valence-corrected chi connectivity index (χ1v) is 6.60. The fraction of sp³-hybridized carbons (Fsp3) is 0.467. The first kappa shape index (κ1) is 16.2. The van der Waals surface area contributed by atoms with Crippen LogP contribution in [0.25, 0.3) is 6.08 Å². The molecule has 0 aromatic carbocycles. The van der Waals surface area contributed by atoms with E-state index in [1.165, 1.54) is 6.08 Å². The monoisotopic (exact) mass is 277 g/mol. The van der Waals surface area contributed by atoms with Crippen molar-refractivity contribution in [3.05, 3.63) is 35.2 Å². The van der Waals surface area contributed by atoms with Crippen LogP contribution >= 0.6 is 0 Å². The molecule has 0 atom stereocenters. The second-order valence-electron chi connectivity index (χ2n) is 4.84. The lowest BCUT2D eigenvalue weighted by Crippen LogP contribution is -2.25. The molecule has 0 aliphatic rings. The predicted octanol–water partition coefficient (Wildman–Crippen LogP) is 1.76. The summed E-state index contributed by atoms with van der Waals surface area (Å²) in [6, 6.07) is 0. The number of hydrogen-bond acceptors (Lipinski definition) is 3. The molecule has 5 heteroatoms. The summed E-state index contributed by atoms with van der Waals surface area (Å²) in [4.78, 5) is 11.6. The van der Waals surface area contributed by atoms with Crippen molar-refractivity contribution >= 4 is 12.0 Å². The fourth-order valence-electron chi connectivity index (χ4n) is 1.74. The summed E-state index contributed by atoms with van der Waals surface area (Å²) in [6.45, 7) is 11.0. The van der Waals surface area contributed by atoms with Gasteiger partial charge in [-0.3, -0.25) is 9.48 Å². The topological polar surface area (TPSA) is 56.1 Å². The Balaban J connectivity index is 2.38. The summed E-state index contributed by atoms with van der Waals surface area (Å²) in [6.07, 6.45) is 3.32. The molecule has 0 saturated carbocycles. The zero-order valence-electron chi connectivity index (χ0n) is 12.7. The Hall–Kier alpha value is -1.88. The highest BCUT2D eigenvalue weighted by Crippen LogP contribution is 2.13. The van der Waals surface area contributed by atoms with E-state index >= 15 is 0 Å². The summed E-state index contributed by atoms with van der Waals surface area (Å²) in [5, 5.41) is 7.06. The maximum absolute atomic E-state index is 11.6. The molecule has 110 valence electrons. The molecule has 1 rings (SSSR count). The van der Waals surface area contributed by atoms with E-state index < -0.39 is 0 Å². The number of hydrogen-bond donors (Lipinski definition) is 1. The molecule has 1 N–H and O–H groups in total. The molecule has 1 heterocycles. The average Bonchev–Trinajstić information content (AvgIpc) is 2.60. The van der Waals surface area contributed by atoms with Crippen molar-refractivity contribution in [3.8, 4) is 0 Å². The number of carbonyl (C=O) groups is 1. The van der Waals surface area contributed by atoms with Crippen molar-refractivity contribution in [2.75, 3.05) is 19.8 Å². The Morgan fingerprint density at radius 2 is 2.20 bits per heavy atom. The molecule has 1 aromatic heterocycles. The highest BCUT2D eigenvalue weighted by atomic mass is 16.5. The second-order valence-corrected chi connectivity index (χ2v) is 4.84.